The van der Waals surface area contributed by atoms with Crippen LogP contribution in [0.2, 0.25) is 0 Å². The van der Waals surface area contributed by atoms with Crippen LogP contribution in [0, 0.1) is 0 Å². The van der Waals surface area contributed by atoms with Gasteiger partial charge in [0.2, 0.25) is 0 Å². The minimum atomic E-state index is 0.707. The number of hydrogen-bond acceptors (Lipinski definition) is 3. The number of aromatic nitrogens is 2. The molecule has 1 aromatic rings. The Morgan fingerprint density at radius 1 is 1.62 bits per heavy atom. The second kappa shape index (κ2) is 3.89. The van der Waals surface area contributed by atoms with Gasteiger partial charge in [-0.3, -0.25) is 0 Å². The van der Waals surface area contributed by atoms with Crippen LogP contribution in [0.3, 0.4) is 0 Å². The highest BCUT2D eigenvalue weighted by molar-refractivity contribution is 5.14. The first-order chi connectivity index (χ1) is 6.42. The summed E-state index contributed by atoms with van der Waals surface area (Å²) in [6.45, 7) is 1.83. The summed E-state index contributed by atoms with van der Waals surface area (Å²) in [5, 5.41) is 0. The molecule has 0 radical (unpaired) electrons. The zero-order valence-electron chi connectivity index (χ0n) is 7.92. The Hall–Kier alpha value is -0.870. The molecule has 1 N–H and O–H groups in total. The fraction of sp³-hybridized carbons (Fsp3) is 0.667. The standard InChI is InChI=1S/C9H15N3O/c1-13-11-6-8-9-4-2-3-5-12(9)7-10-8/h7,11H,2-6H2,1H3. The van der Waals surface area contributed by atoms with Crippen LogP contribution < -0.4 is 5.48 Å². The van der Waals surface area contributed by atoms with Crippen LogP contribution >= 0.6 is 0 Å². The molecule has 1 aliphatic rings. The Balaban J connectivity index is 2.12. The van der Waals surface area contributed by atoms with Crippen molar-refractivity contribution in [2.24, 2.45) is 0 Å². The van der Waals surface area contributed by atoms with E-state index in [1.807, 2.05) is 6.33 Å². The van der Waals surface area contributed by atoms with Crippen molar-refractivity contribution < 1.29 is 4.84 Å². The molecule has 2 heterocycles. The first-order valence-electron chi connectivity index (χ1n) is 4.70. The van der Waals surface area contributed by atoms with Gasteiger partial charge in [-0.25, -0.2) is 4.98 Å². The van der Waals surface area contributed by atoms with Gasteiger partial charge in [0.25, 0.3) is 0 Å². The van der Waals surface area contributed by atoms with E-state index in [1.54, 1.807) is 7.11 Å². The maximum absolute atomic E-state index is 4.81. The molecule has 0 bridgehead atoms. The van der Waals surface area contributed by atoms with Crippen molar-refractivity contribution in [1.82, 2.24) is 15.0 Å². The van der Waals surface area contributed by atoms with E-state index < -0.39 is 0 Å². The molecule has 13 heavy (non-hydrogen) atoms. The van der Waals surface area contributed by atoms with Crippen molar-refractivity contribution >= 4 is 0 Å². The summed E-state index contributed by atoms with van der Waals surface area (Å²) in [4.78, 5) is 9.16. The van der Waals surface area contributed by atoms with Gasteiger partial charge in [-0.05, 0) is 19.3 Å². The topological polar surface area (TPSA) is 39.1 Å². The Bertz CT molecular complexity index is 282. The number of nitrogens with one attached hydrogen (secondary N) is 1. The summed E-state index contributed by atoms with van der Waals surface area (Å²) >= 11 is 0. The molecule has 0 fully saturated rings. The minimum absolute atomic E-state index is 0.707. The third-order valence-electron chi connectivity index (χ3n) is 2.48. The zero-order chi connectivity index (χ0) is 9.10. The van der Waals surface area contributed by atoms with Crippen molar-refractivity contribution in [3.05, 3.63) is 17.7 Å². The van der Waals surface area contributed by atoms with Crippen molar-refractivity contribution in [2.75, 3.05) is 7.11 Å². The number of imidazole rings is 1. The number of hydroxylamine groups is 1. The number of fused-ring (bicyclic) bond motifs is 1. The third-order valence-corrected chi connectivity index (χ3v) is 2.48. The average Bonchev–Trinajstić information content (AvgIpc) is 2.58. The predicted molar refractivity (Wildman–Crippen MR) is 49.0 cm³/mol. The molecule has 0 saturated carbocycles. The monoisotopic (exact) mass is 181 g/mol. The minimum Gasteiger partial charge on any atom is -0.334 e. The molecule has 0 atom stereocenters. The molecule has 0 unspecified atom stereocenters. The molecule has 0 amide bonds. The maximum Gasteiger partial charge on any atom is 0.0952 e. The lowest BCUT2D eigenvalue weighted by molar-refractivity contribution is 0.0856. The van der Waals surface area contributed by atoms with Crippen LogP contribution in [-0.4, -0.2) is 16.7 Å². The fourth-order valence-corrected chi connectivity index (χ4v) is 1.79. The lowest BCUT2D eigenvalue weighted by atomic mass is 10.1. The summed E-state index contributed by atoms with van der Waals surface area (Å²) < 4.78 is 2.25. The molecule has 4 nitrogen and oxygen atoms in total. The smallest absolute Gasteiger partial charge is 0.0952 e. The van der Waals surface area contributed by atoms with Gasteiger partial charge in [-0.1, -0.05) is 0 Å². The van der Waals surface area contributed by atoms with Crippen LogP contribution in [0.5, 0.6) is 0 Å². The molecular weight excluding hydrogens is 166 g/mol. The summed E-state index contributed by atoms with van der Waals surface area (Å²) in [6.07, 6.45) is 5.65. The summed E-state index contributed by atoms with van der Waals surface area (Å²) in [5.74, 6) is 0. The largest absolute Gasteiger partial charge is 0.334 e. The van der Waals surface area contributed by atoms with E-state index in [1.165, 1.54) is 18.5 Å². The first kappa shape index (κ1) is 8.72. The Morgan fingerprint density at radius 3 is 3.38 bits per heavy atom. The molecule has 0 aromatic carbocycles. The zero-order valence-corrected chi connectivity index (χ0v) is 7.92. The van der Waals surface area contributed by atoms with Gasteiger partial charge in [0.05, 0.1) is 25.7 Å². The van der Waals surface area contributed by atoms with Crippen molar-refractivity contribution in [3.63, 3.8) is 0 Å². The van der Waals surface area contributed by atoms with Gasteiger partial charge >= 0.3 is 0 Å². The SMILES string of the molecule is CONCc1ncn2c1CCCC2. The van der Waals surface area contributed by atoms with E-state index in [0.717, 1.165) is 18.7 Å². The van der Waals surface area contributed by atoms with E-state index in [2.05, 4.69) is 15.0 Å². The van der Waals surface area contributed by atoms with Crippen LogP contribution in [0.4, 0.5) is 0 Å². The summed E-state index contributed by atoms with van der Waals surface area (Å²) in [6, 6.07) is 0. The predicted octanol–water partition coefficient (Wildman–Crippen LogP) is 0.870. The lowest BCUT2D eigenvalue weighted by Gasteiger charge is -2.14. The Labute approximate surface area is 77.9 Å². The quantitative estimate of drug-likeness (QED) is 0.703. The third kappa shape index (κ3) is 1.73. The van der Waals surface area contributed by atoms with Crippen LogP contribution in [0.25, 0.3) is 0 Å². The lowest BCUT2D eigenvalue weighted by Crippen LogP contribution is -2.15. The number of aryl methyl sites for hydroxylation is 1. The Morgan fingerprint density at radius 2 is 2.54 bits per heavy atom. The second-order valence-corrected chi connectivity index (χ2v) is 3.31. The molecule has 2 rings (SSSR count). The molecule has 1 aliphatic heterocycles. The highest BCUT2D eigenvalue weighted by atomic mass is 16.6. The van der Waals surface area contributed by atoms with Gasteiger partial charge in [0.15, 0.2) is 0 Å². The van der Waals surface area contributed by atoms with Crippen molar-refractivity contribution in [3.8, 4) is 0 Å². The van der Waals surface area contributed by atoms with Crippen molar-refractivity contribution in [2.45, 2.75) is 32.4 Å². The van der Waals surface area contributed by atoms with Crippen LogP contribution in [-0.2, 0) is 24.3 Å². The van der Waals surface area contributed by atoms with E-state index in [9.17, 15) is 0 Å². The van der Waals surface area contributed by atoms with Gasteiger partial charge < -0.3 is 9.40 Å². The van der Waals surface area contributed by atoms with Crippen LogP contribution in [0.15, 0.2) is 6.33 Å². The van der Waals surface area contributed by atoms with E-state index in [0.29, 0.717) is 6.54 Å². The molecule has 0 aliphatic carbocycles. The average molecular weight is 181 g/mol. The van der Waals surface area contributed by atoms with E-state index in [-0.39, 0.29) is 0 Å². The molecule has 1 aromatic heterocycles. The normalized spacial score (nSPS) is 15.8. The van der Waals surface area contributed by atoms with Gasteiger partial charge in [-0.2, -0.15) is 5.48 Å². The van der Waals surface area contributed by atoms with Gasteiger partial charge in [-0.15, -0.1) is 0 Å². The number of hydrogen-bond donors (Lipinski definition) is 1. The molecule has 4 heteroatoms. The summed E-state index contributed by atoms with van der Waals surface area (Å²) in [5.41, 5.74) is 5.32. The highest BCUT2D eigenvalue weighted by Crippen LogP contribution is 2.17. The van der Waals surface area contributed by atoms with Gasteiger partial charge in [0.1, 0.15) is 0 Å². The maximum atomic E-state index is 4.81. The molecular formula is C9H15N3O. The number of rotatable bonds is 3. The van der Waals surface area contributed by atoms with E-state index in [4.69, 9.17) is 4.84 Å². The fourth-order valence-electron chi connectivity index (χ4n) is 1.79. The molecule has 0 saturated heterocycles. The van der Waals surface area contributed by atoms with Crippen molar-refractivity contribution in [1.29, 1.82) is 0 Å². The molecule has 72 valence electrons. The van der Waals surface area contributed by atoms with Gasteiger partial charge in [0, 0.05) is 12.2 Å². The van der Waals surface area contributed by atoms with Crippen LogP contribution in [0.1, 0.15) is 24.2 Å². The molecule has 0 spiro atoms. The second-order valence-electron chi connectivity index (χ2n) is 3.31. The highest BCUT2D eigenvalue weighted by Gasteiger charge is 2.13. The summed E-state index contributed by atoms with van der Waals surface area (Å²) in [7, 11) is 1.63. The van der Waals surface area contributed by atoms with E-state index >= 15 is 0 Å². The first-order valence-corrected chi connectivity index (χ1v) is 4.70. The Kier molecular flexibility index (Phi) is 2.61. The number of nitrogens with zero attached hydrogens (tertiary/aromatic N) is 2.